The van der Waals surface area contributed by atoms with E-state index in [-0.39, 0.29) is 10.6 Å². The van der Waals surface area contributed by atoms with E-state index in [1.807, 2.05) is 0 Å². The number of hydrogen-bond acceptors (Lipinski definition) is 5. The lowest BCUT2D eigenvalue weighted by atomic mass is 10.2. The third-order valence-corrected chi connectivity index (χ3v) is 3.76. The van der Waals surface area contributed by atoms with Gasteiger partial charge in [0.25, 0.3) is 10.1 Å². The minimum absolute atomic E-state index is 0.153. The zero-order valence-corrected chi connectivity index (χ0v) is 12.3. The predicted molar refractivity (Wildman–Crippen MR) is 78.0 cm³/mol. The maximum absolute atomic E-state index is 11.0. The van der Waals surface area contributed by atoms with Gasteiger partial charge in [0.05, 0.1) is 16.3 Å². The van der Waals surface area contributed by atoms with Crippen molar-refractivity contribution in [2.45, 2.75) is 18.7 Å². The summed E-state index contributed by atoms with van der Waals surface area (Å²) < 4.78 is 31.0. The molecule has 0 amide bonds. The molecule has 0 spiro atoms. The summed E-state index contributed by atoms with van der Waals surface area (Å²) in [5, 5.41) is 17.4. The zero-order valence-electron chi connectivity index (χ0n) is 11.5. The molecule has 0 radical (unpaired) electrons. The van der Waals surface area contributed by atoms with Crippen LogP contribution in [0.3, 0.4) is 0 Å². The molecule has 0 aliphatic rings. The van der Waals surface area contributed by atoms with Crippen LogP contribution in [0.1, 0.15) is 11.1 Å². The number of nitrogens with zero attached hydrogens (tertiary/aromatic N) is 2. The Morgan fingerprint density at radius 3 is 1.90 bits per heavy atom. The number of aromatic hydroxyl groups is 1. The molecule has 0 atom stereocenters. The summed E-state index contributed by atoms with van der Waals surface area (Å²) in [4.78, 5) is -0.181. The van der Waals surface area contributed by atoms with E-state index in [1.54, 1.807) is 26.0 Å². The van der Waals surface area contributed by atoms with Crippen LogP contribution >= 0.6 is 0 Å². The summed E-state index contributed by atoms with van der Waals surface area (Å²) >= 11 is 0. The topological polar surface area (TPSA) is 99.3 Å². The first-order valence-corrected chi connectivity index (χ1v) is 7.51. The molecule has 0 saturated carbocycles. The van der Waals surface area contributed by atoms with E-state index in [9.17, 15) is 13.5 Å². The summed E-state index contributed by atoms with van der Waals surface area (Å²) in [5.41, 5.74) is 2.44. The van der Waals surface area contributed by atoms with Gasteiger partial charge in [0.1, 0.15) is 5.75 Å². The highest BCUT2D eigenvalue weighted by Gasteiger charge is 2.10. The van der Waals surface area contributed by atoms with Gasteiger partial charge < -0.3 is 5.11 Å². The SMILES string of the molecule is Cc1cc(O)ccc1/N=N/c1ccc(S(=O)(=O)O)cc1C. The average Bonchev–Trinajstić information content (AvgIpc) is 2.38. The van der Waals surface area contributed by atoms with Crippen LogP contribution in [0.15, 0.2) is 51.5 Å². The van der Waals surface area contributed by atoms with E-state index in [4.69, 9.17) is 4.55 Å². The summed E-state index contributed by atoms with van der Waals surface area (Å²) in [6.45, 7) is 3.47. The van der Waals surface area contributed by atoms with E-state index in [1.165, 1.54) is 24.3 Å². The molecule has 0 aliphatic heterocycles. The molecule has 0 fully saturated rings. The van der Waals surface area contributed by atoms with Crippen LogP contribution in [-0.2, 0) is 10.1 Å². The minimum atomic E-state index is -4.22. The second kappa shape index (κ2) is 5.63. The maximum Gasteiger partial charge on any atom is 0.294 e. The van der Waals surface area contributed by atoms with Gasteiger partial charge >= 0.3 is 0 Å². The molecular weight excluding hydrogens is 292 g/mol. The molecule has 0 heterocycles. The number of aryl methyl sites for hydroxylation is 2. The van der Waals surface area contributed by atoms with Crippen molar-refractivity contribution in [3.63, 3.8) is 0 Å². The molecule has 110 valence electrons. The molecule has 0 aromatic heterocycles. The Hall–Kier alpha value is -2.25. The van der Waals surface area contributed by atoms with E-state index >= 15 is 0 Å². The Morgan fingerprint density at radius 2 is 1.43 bits per heavy atom. The highest BCUT2D eigenvalue weighted by molar-refractivity contribution is 7.85. The van der Waals surface area contributed by atoms with Crippen molar-refractivity contribution in [2.75, 3.05) is 0 Å². The van der Waals surface area contributed by atoms with E-state index in [0.717, 1.165) is 5.56 Å². The zero-order chi connectivity index (χ0) is 15.6. The van der Waals surface area contributed by atoms with Gasteiger partial charge in [-0.2, -0.15) is 18.6 Å². The molecular formula is C14H14N2O4S. The number of phenolic OH excluding ortho intramolecular Hbond substituents is 1. The molecule has 2 N–H and O–H groups in total. The van der Waals surface area contributed by atoms with Crippen molar-refractivity contribution in [1.29, 1.82) is 0 Å². The third kappa shape index (κ3) is 3.65. The van der Waals surface area contributed by atoms with Crippen LogP contribution in [0.5, 0.6) is 5.75 Å². The monoisotopic (exact) mass is 306 g/mol. The molecule has 2 aromatic rings. The van der Waals surface area contributed by atoms with Crippen molar-refractivity contribution in [2.24, 2.45) is 10.2 Å². The third-order valence-electron chi connectivity index (χ3n) is 2.91. The van der Waals surface area contributed by atoms with Gasteiger partial charge in [-0.05, 0) is 61.4 Å². The van der Waals surface area contributed by atoms with Gasteiger partial charge in [0, 0.05) is 0 Å². The predicted octanol–water partition coefficient (Wildman–Crippen LogP) is 3.67. The molecule has 0 saturated heterocycles. The van der Waals surface area contributed by atoms with Crippen LogP contribution in [0.2, 0.25) is 0 Å². The number of rotatable bonds is 3. The molecule has 0 aliphatic carbocycles. The highest BCUT2D eigenvalue weighted by Crippen LogP contribution is 2.27. The fourth-order valence-corrected chi connectivity index (χ4v) is 2.33. The fourth-order valence-electron chi connectivity index (χ4n) is 1.76. The summed E-state index contributed by atoms with van der Waals surface area (Å²) in [6.07, 6.45) is 0. The van der Waals surface area contributed by atoms with Crippen LogP contribution in [-0.4, -0.2) is 18.1 Å². The minimum Gasteiger partial charge on any atom is -0.508 e. The lowest BCUT2D eigenvalue weighted by Crippen LogP contribution is -1.97. The Kier molecular flexibility index (Phi) is 4.06. The Labute approximate surface area is 122 Å². The second-order valence-electron chi connectivity index (χ2n) is 4.59. The Bertz CT molecular complexity index is 814. The number of azo groups is 1. The van der Waals surface area contributed by atoms with Crippen molar-refractivity contribution in [1.82, 2.24) is 0 Å². The molecule has 7 heteroatoms. The lowest BCUT2D eigenvalue weighted by molar-refractivity contribution is 0.475. The summed E-state index contributed by atoms with van der Waals surface area (Å²) in [7, 11) is -4.22. The van der Waals surface area contributed by atoms with Gasteiger partial charge in [0.2, 0.25) is 0 Å². The Morgan fingerprint density at radius 1 is 0.905 bits per heavy atom. The van der Waals surface area contributed by atoms with Gasteiger partial charge in [-0.15, -0.1) is 0 Å². The van der Waals surface area contributed by atoms with E-state index < -0.39 is 10.1 Å². The normalized spacial score (nSPS) is 12.0. The van der Waals surface area contributed by atoms with Gasteiger partial charge in [0.15, 0.2) is 0 Å². The van der Waals surface area contributed by atoms with Crippen molar-refractivity contribution in [3.8, 4) is 5.75 Å². The fraction of sp³-hybridized carbons (Fsp3) is 0.143. The number of benzene rings is 2. The average molecular weight is 306 g/mol. The van der Waals surface area contributed by atoms with E-state index in [2.05, 4.69) is 10.2 Å². The van der Waals surface area contributed by atoms with Crippen molar-refractivity contribution in [3.05, 3.63) is 47.5 Å². The first kappa shape index (κ1) is 15.1. The summed E-state index contributed by atoms with van der Waals surface area (Å²) in [5.74, 6) is 0.153. The quantitative estimate of drug-likeness (QED) is 0.667. The van der Waals surface area contributed by atoms with Gasteiger partial charge in [-0.3, -0.25) is 4.55 Å². The van der Waals surface area contributed by atoms with Crippen LogP contribution < -0.4 is 0 Å². The lowest BCUT2D eigenvalue weighted by Gasteiger charge is -2.03. The first-order valence-electron chi connectivity index (χ1n) is 6.07. The Balaban J connectivity index is 2.34. The number of hydrogen-bond donors (Lipinski definition) is 2. The molecule has 2 rings (SSSR count). The molecule has 0 bridgehead atoms. The van der Waals surface area contributed by atoms with Crippen molar-refractivity contribution < 1.29 is 18.1 Å². The van der Waals surface area contributed by atoms with Crippen LogP contribution in [0, 0.1) is 13.8 Å². The molecule has 6 nitrogen and oxygen atoms in total. The van der Waals surface area contributed by atoms with Crippen LogP contribution in [0.4, 0.5) is 11.4 Å². The standard InChI is InChI=1S/C14H14N2O4S/c1-9-7-11(17)3-5-13(9)15-16-14-6-4-12(8-10(14)2)21(18,19)20/h3-8,17H,1-2H3,(H,18,19,20)/b16-15+. The van der Waals surface area contributed by atoms with Gasteiger partial charge in [-0.25, -0.2) is 0 Å². The summed E-state index contributed by atoms with van der Waals surface area (Å²) in [6, 6.07) is 8.78. The maximum atomic E-state index is 11.0. The van der Waals surface area contributed by atoms with Crippen LogP contribution in [0.25, 0.3) is 0 Å². The number of phenols is 1. The van der Waals surface area contributed by atoms with E-state index in [0.29, 0.717) is 16.9 Å². The largest absolute Gasteiger partial charge is 0.508 e. The second-order valence-corrected chi connectivity index (χ2v) is 6.02. The molecule has 0 unspecified atom stereocenters. The molecule has 2 aromatic carbocycles. The highest BCUT2D eigenvalue weighted by atomic mass is 32.2. The van der Waals surface area contributed by atoms with Crippen molar-refractivity contribution >= 4 is 21.5 Å². The van der Waals surface area contributed by atoms with Gasteiger partial charge in [-0.1, -0.05) is 0 Å². The smallest absolute Gasteiger partial charge is 0.294 e. The molecule has 21 heavy (non-hydrogen) atoms. The first-order chi connectivity index (χ1) is 9.77.